The first-order chi connectivity index (χ1) is 19.4. The average molecular weight is 620 g/mol. The molecular weight excluding hydrogens is 589 g/mol. The van der Waals surface area contributed by atoms with E-state index in [1.165, 1.54) is 30.6 Å². The lowest BCUT2D eigenvalue weighted by atomic mass is 9.99. The topological polar surface area (TPSA) is 122 Å². The van der Waals surface area contributed by atoms with Crippen molar-refractivity contribution in [3.63, 3.8) is 0 Å². The van der Waals surface area contributed by atoms with E-state index in [0.717, 1.165) is 38.2 Å². The number of carbonyl (C=O) groups excluding carboxylic acids is 1. The van der Waals surface area contributed by atoms with Gasteiger partial charge in [-0.1, -0.05) is 56.4 Å². The molecule has 2 aromatic heterocycles. The minimum atomic E-state index is -4.85. The molecule has 9 nitrogen and oxygen atoms in total. The van der Waals surface area contributed by atoms with Crippen LogP contribution in [0.1, 0.15) is 56.6 Å². The van der Waals surface area contributed by atoms with Crippen LogP contribution in [0, 0.1) is 5.13 Å². The Balaban J connectivity index is 1.94. The Bertz CT molecular complexity index is 1340. The van der Waals surface area contributed by atoms with Crippen LogP contribution in [0.5, 0.6) is 0 Å². The molecule has 0 saturated heterocycles. The predicted molar refractivity (Wildman–Crippen MR) is 145 cm³/mol. The molecular formula is C26H30F4N3O6PS. The highest BCUT2D eigenvalue weighted by Gasteiger charge is 2.35. The molecule has 0 unspecified atom stereocenters. The first kappa shape index (κ1) is 32.6. The summed E-state index contributed by atoms with van der Waals surface area (Å²) in [5.74, 6) is 0. The molecule has 1 amide bonds. The molecule has 0 atom stereocenters. The monoisotopic (exact) mass is 619 g/mol. The van der Waals surface area contributed by atoms with Crippen molar-refractivity contribution in [3.05, 3.63) is 59.0 Å². The first-order valence-electron chi connectivity index (χ1n) is 12.8. The third kappa shape index (κ3) is 9.86. The zero-order valence-corrected chi connectivity index (χ0v) is 23.9. The van der Waals surface area contributed by atoms with Crippen molar-refractivity contribution in [1.82, 2.24) is 9.97 Å². The van der Waals surface area contributed by atoms with Gasteiger partial charge in [-0.2, -0.15) is 17.6 Å². The minimum absolute atomic E-state index is 0.0569. The molecule has 2 heterocycles. The fraction of sp³-hybridized carbons (Fsp3) is 0.423. The SMILES string of the molecule is CCCCCCCCc1ccc(N(C(=O)OCCOP(=O)(O)O)c2nc(-c3cccnc3)c(F)s2)cc1C(F)(F)F. The molecule has 0 aliphatic rings. The third-order valence-electron chi connectivity index (χ3n) is 5.91. The number of hydrogen-bond donors (Lipinski definition) is 2. The van der Waals surface area contributed by atoms with Gasteiger partial charge in [-0.15, -0.1) is 0 Å². The van der Waals surface area contributed by atoms with Crippen molar-refractivity contribution in [2.24, 2.45) is 0 Å². The summed E-state index contributed by atoms with van der Waals surface area (Å²) in [4.78, 5) is 39.4. The number of unbranched alkanes of at least 4 members (excludes halogenated alkanes) is 5. The number of amides is 1. The Morgan fingerprint density at radius 1 is 1.10 bits per heavy atom. The van der Waals surface area contributed by atoms with Gasteiger partial charge in [0.15, 0.2) is 0 Å². The number of aromatic nitrogens is 2. The second-order valence-electron chi connectivity index (χ2n) is 8.99. The number of nitrogens with zero attached hydrogens (tertiary/aromatic N) is 3. The van der Waals surface area contributed by atoms with E-state index in [1.807, 2.05) is 0 Å². The van der Waals surface area contributed by atoms with E-state index in [2.05, 4.69) is 21.4 Å². The lowest BCUT2D eigenvalue weighted by Gasteiger charge is -2.22. The zero-order chi connectivity index (χ0) is 30.0. The molecule has 0 bridgehead atoms. The van der Waals surface area contributed by atoms with Crippen molar-refractivity contribution >= 4 is 36.1 Å². The van der Waals surface area contributed by atoms with Crippen molar-refractivity contribution < 1.29 is 46.0 Å². The number of thiazole rings is 1. The normalized spacial score (nSPS) is 12.0. The maximum atomic E-state index is 14.9. The second kappa shape index (κ2) is 14.8. The lowest BCUT2D eigenvalue weighted by molar-refractivity contribution is -0.138. The molecule has 3 rings (SSSR count). The molecule has 0 aliphatic heterocycles. The molecule has 0 fully saturated rings. The summed E-state index contributed by atoms with van der Waals surface area (Å²) in [6.45, 7) is 0.736. The van der Waals surface area contributed by atoms with E-state index < -0.39 is 44.0 Å². The Morgan fingerprint density at radius 3 is 2.49 bits per heavy atom. The molecule has 224 valence electrons. The number of rotatable bonds is 14. The van der Waals surface area contributed by atoms with Gasteiger partial charge < -0.3 is 14.5 Å². The van der Waals surface area contributed by atoms with E-state index in [4.69, 9.17) is 14.5 Å². The highest BCUT2D eigenvalue weighted by Crippen LogP contribution is 2.40. The van der Waals surface area contributed by atoms with E-state index in [1.54, 1.807) is 6.07 Å². The third-order valence-corrected chi connectivity index (χ3v) is 7.26. The number of aryl methyl sites for hydroxylation is 1. The number of benzene rings is 1. The van der Waals surface area contributed by atoms with E-state index in [-0.39, 0.29) is 34.1 Å². The summed E-state index contributed by atoms with van der Waals surface area (Å²) >= 11 is 0.407. The van der Waals surface area contributed by atoms with Crippen LogP contribution in [0.25, 0.3) is 11.3 Å². The highest BCUT2D eigenvalue weighted by molar-refractivity contribution is 7.46. The minimum Gasteiger partial charge on any atom is -0.446 e. The van der Waals surface area contributed by atoms with Crippen LogP contribution < -0.4 is 4.90 Å². The Kier molecular flexibility index (Phi) is 11.8. The average Bonchev–Trinajstić information content (AvgIpc) is 3.29. The van der Waals surface area contributed by atoms with Crippen LogP contribution in [-0.4, -0.2) is 39.1 Å². The summed E-state index contributed by atoms with van der Waals surface area (Å²) in [6.07, 6.45) is 2.40. The molecule has 0 spiro atoms. The Morgan fingerprint density at radius 2 is 1.83 bits per heavy atom. The summed E-state index contributed by atoms with van der Waals surface area (Å²) in [5, 5.41) is -1.13. The van der Waals surface area contributed by atoms with Crippen LogP contribution in [0.15, 0.2) is 42.7 Å². The lowest BCUT2D eigenvalue weighted by Crippen LogP contribution is -2.28. The maximum Gasteiger partial charge on any atom is 0.469 e. The number of pyridine rings is 1. The van der Waals surface area contributed by atoms with Crippen LogP contribution in [-0.2, 0) is 26.4 Å². The van der Waals surface area contributed by atoms with E-state index in [9.17, 15) is 26.9 Å². The molecule has 0 saturated carbocycles. The molecule has 1 aromatic carbocycles. The number of hydrogen-bond acceptors (Lipinski definition) is 7. The van der Waals surface area contributed by atoms with Crippen molar-refractivity contribution in [2.75, 3.05) is 18.1 Å². The van der Waals surface area contributed by atoms with Crippen LogP contribution in [0.4, 0.5) is 33.2 Å². The van der Waals surface area contributed by atoms with Gasteiger partial charge in [-0.3, -0.25) is 9.51 Å². The number of anilines is 2. The van der Waals surface area contributed by atoms with Gasteiger partial charge >= 0.3 is 20.1 Å². The Labute approximate surface area is 238 Å². The van der Waals surface area contributed by atoms with E-state index >= 15 is 0 Å². The van der Waals surface area contributed by atoms with Crippen molar-refractivity contribution in [2.45, 2.75) is 58.0 Å². The van der Waals surface area contributed by atoms with Crippen molar-refractivity contribution in [3.8, 4) is 11.3 Å². The summed E-state index contributed by atoms with van der Waals surface area (Å²) in [6, 6.07) is 6.41. The summed E-state index contributed by atoms with van der Waals surface area (Å²) in [7, 11) is -4.85. The van der Waals surface area contributed by atoms with E-state index in [0.29, 0.717) is 22.7 Å². The summed E-state index contributed by atoms with van der Waals surface area (Å²) < 4.78 is 77.4. The fourth-order valence-electron chi connectivity index (χ4n) is 3.99. The first-order valence-corrected chi connectivity index (χ1v) is 15.2. The number of halogens is 4. The Hall–Kier alpha value is -2.90. The zero-order valence-electron chi connectivity index (χ0n) is 22.1. The van der Waals surface area contributed by atoms with Gasteiger partial charge in [-0.25, -0.2) is 19.2 Å². The van der Waals surface area contributed by atoms with Gasteiger partial charge in [-0.05, 0) is 42.7 Å². The summed E-state index contributed by atoms with van der Waals surface area (Å²) in [5.41, 5.74) is -1.06. The molecule has 3 aromatic rings. The maximum absolute atomic E-state index is 14.9. The van der Waals surface area contributed by atoms with Gasteiger partial charge in [0.1, 0.15) is 12.3 Å². The fourth-order valence-corrected chi connectivity index (χ4v) is 5.13. The number of carbonyl (C=O) groups is 1. The second-order valence-corrected chi connectivity index (χ2v) is 11.2. The molecule has 0 aliphatic carbocycles. The number of phosphoric acid groups is 1. The molecule has 2 N–H and O–H groups in total. The number of ether oxygens (including phenoxy) is 1. The highest BCUT2D eigenvalue weighted by atomic mass is 32.1. The van der Waals surface area contributed by atoms with Crippen molar-refractivity contribution in [1.29, 1.82) is 0 Å². The van der Waals surface area contributed by atoms with Gasteiger partial charge in [0.2, 0.25) is 10.3 Å². The van der Waals surface area contributed by atoms with Crippen LogP contribution >= 0.6 is 19.2 Å². The molecule has 15 heteroatoms. The molecule has 41 heavy (non-hydrogen) atoms. The predicted octanol–water partition coefficient (Wildman–Crippen LogP) is 7.65. The van der Waals surface area contributed by atoms with Gasteiger partial charge in [0.25, 0.3) is 0 Å². The van der Waals surface area contributed by atoms with Gasteiger partial charge in [0, 0.05) is 18.0 Å². The largest absolute Gasteiger partial charge is 0.469 e. The standard InChI is InChI=1S/C26H30F4N3O6PS/c1-2-3-4-5-6-7-9-18-11-12-20(16-21(18)26(28,29)30)33(25(34)38-14-15-39-40(35,36)37)24-32-22(23(27)41-24)19-10-8-13-31-17-19/h8,10-13,16-17H,2-7,9,14-15H2,1H3,(H2,35,36,37). The smallest absolute Gasteiger partial charge is 0.446 e. The van der Waals surface area contributed by atoms with Crippen LogP contribution in [0.3, 0.4) is 0 Å². The van der Waals surface area contributed by atoms with Gasteiger partial charge in [0.05, 0.1) is 17.9 Å². The molecule has 0 radical (unpaired) electrons. The number of phosphoric ester groups is 1. The quantitative estimate of drug-likeness (QED) is 0.107. The van der Waals surface area contributed by atoms with Crippen LogP contribution in [0.2, 0.25) is 0 Å². The number of alkyl halides is 3.